The van der Waals surface area contributed by atoms with Gasteiger partial charge < -0.3 is 9.64 Å². The van der Waals surface area contributed by atoms with Crippen molar-refractivity contribution in [2.45, 2.75) is 25.4 Å². The Hall–Kier alpha value is -2.40. The molecule has 130 valence electrons. The van der Waals surface area contributed by atoms with Gasteiger partial charge in [0.15, 0.2) is 0 Å². The molecule has 0 radical (unpaired) electrons. The standard InChI is InChI=1S/C19H17ClFNO3/c1-25-19(24)17-9-12-5-2-3-6-13(12)11-22(17)18(23)10-14-15(20)7-4-8-16(14)21/h2-8,17H,9-11H2,1H3/t17-/m0/s1. The molecule has 0 N–H and O–H groups in total. The van der Waals surface area contributed by atoms with Crippen LogP contribution in [0.4, 0.5) is 4.39 Å². The zero-order valence-corrected chi connectivity index (χ0v) is 14.4. The first-order valence-corrected chi connectivity index (χ1v) is 8.26. The SMILES string of the molecule is COC(=O)[C@@H]1Cc2ccccc2CN1C(=O)Cc1c(F)cccc1Cl. The Labute approximate surface area is 150 Å². The number of hydrogen-bond acceptors (Lipinski definition) is 3. The van der Waals surface area contributed by atoms with Gasteiger partial charge in [-0.25, -0.2) is 9.18 Å². The molecule has 2 aromatic rings. The van der Waals surface area contributed by atoms with Gasteiger partial charge in [0.05, 0.1) is 13.5 Å². The second-order valence-electron chi connectivity index (χ2n) is 5.91. The van der Waals surface area contributed by atoms with Gasteiger partial charge in [0.25, 0.3) is 0 Å². The Balaban J connectivity index is 1.90. The average molecular weight is 362 g/mol. The summed E-state index contributed by atoms with van der Waals surface area (Å²) >= 11 is 6.02. The van der Waals surface area contributed by atoms with Gasteiger partial charge in [-0.2, -0.15) is 0 Å². The van der Waals surface area contributed by atoms with E-state index in [-0.39, 0.29) is 29.5 Å². The summed E-state index contributed by atoms with van der Waals surface area (Å²) in [5.74, 6) is -1.38. The minimum Gasteiger partial charge on any atom is -0.467 e. The van der Waals surface area contributed by atoms with E-state index >= 15 is 0 Å². The highest BCUT2D eigenvalue weighted by Crippen LogP contribution is 2.26. The van der Waals surface area contributed by atoms with E-state index in [1.807, 2.05) is 24.3 Å². The van der Waals surface area contributed by atoms with Crippen molar-refractivity contribution in [1.82, 2.24) is 4.90 Å². The van der Waals surface area contributed by atoms with E-state index < -0.39 is 17.8 Å². The first-order chi connectivity index (χ1) is 12.0. The lowest BCUT2D eigenvalue weighted by atomic mass is 9.93. The number of esters is 1. The molecule has 0 unspecified atom stereocenters. The molecular weight excluding hydrogens is 345 g/mol. The number of ether oxygens (including phenoxy) is 1. The molecule has 1 aliphatic rings. The summed E-state index contributed by atoms with van der Waals surface area (Å²) in [6.45, 7) is 0.279. The van der Waals surface area contributed by atoms with Crippen LogP contribution in [0.15, 0.2) is 42.5 Å². The smallest absolute Gasteiger partial charge is 0.328 e. The molecule has 0 aliphatic carbocycles. The van der Waals surface area contributed by atoms with Gasteiger partial charge in [-0.3, -0.25) is 4.79 Å². The quantitative estimate of drug-likeness (QED) is 0.789. The van der Waals surface area contributed by atoms with Gasteiger partial charge in [0.2, 0.25) is 5.91 Å². The van der Waals surface area contributed by atoms with Crippen molar-refractivity contribution in [1.29, 1.82) is 0 Å². The van der Waals surface area contributed by atoms with Crippen LogP contribution in [0, 0.1) is 5.82 Å². The molecule has 0 aromatic heterocycles. The summed E-state index contributed by atoms with van der Waals surface area (Å²) in [7, 11) is 1.29. The minimum absolute atomic E-state index is 0.136. The largest absolute Gasteiger partial charge is 0.467 e. The van der Waals surface area contributed by atoms with Crippen LogP contribution in [0.2, 0.25) is 5.02 Å². The van der Waals surface area contributed by atoms with Gasteiger partial charge in [0.1, 0.15) is 11.9 Å². The van der Waals surface area contributed by atoms with Crippen LogP contribution in [0.5, 0.6) is 0 Å². The molecule has 0 fully saturated rings. The fraction of sp³-hybridized carbons (Fsp3) is 0.263. The Morgan fingerprint density at radius 3 is 2.60 bits per heavy atom. The number of rotatable bonds is 3. The van der Waals surface area contributed by atoms with E-state index in [4.69, 9.17) is 16.3 Å². The maximum Gasteiger partial charge on any atom is 0.328 e. The Kier molecular flexibility index (Phi) is 5.04. The van der Waals surface area contributed by atoms with Crippen LogP contribution in [0.25, 0.3) is 0 Å². The van der Waals surface area contributed by atoms with E-state index in [0.29, 0.717) is 6.42 Å². The summed E-state index contributed by atoms with van der Waals surface area (Å²) in [5.41, 5.74) is 2.11. The van der Waals surface area contributed by atoms with Crippen LogP contribution in [0.1, 0.15) is 16.7 Å². The minimum atomic E-state index is -0.724. The summed E-state index contributed by atoms with van der Waals surface area (Å²) < 4.78 is 18.8. The summed E-state index contributed by atoms with van der Waals surface area (Å²) in [6.07, 6.45) is 0.167. The highest BCUT2D eigenvalue weighted by Gasteiger charge is 2.35. The number of carbonyl (C=O) groups excluding carboxylic acids is 2. The number of halogens is 2. The molecular formula is C19H17ClFNO3. The Bertz CT molecular complexity index is 804. The van der Waals surface area contributed by atoms with E-state index in [2.05, 4.69) is 0 Å². The molecule has 2 aromatic carbocycles. The third-order valence-electron chi connectivity index (χ3n) is 4.43. The fourth-order valence-electron chi connectivity index (χ4n) is 3.09. The third kappa shape index (κ3) is 3.51. The van der Waals surface area contributed by atoms with Crippen LogP contribution in [-0.4, -0.2) is 29.9 Å². The van der Waals surface area contributed by atoms with Gasteiger partial charge in [-0.15, -0.1) is 0 Å². The zero-order chi connectivity index (χ0) is 18.0. The summed E-state index contributed by atoms with van der Waals surface area (Å²) in [6, 6.07) is 11.2. The summed E-state index contributed by atoms with van der Waals surface area (Å²) in [4.78, 5) is 26.4. The van der Waals surface area contributed by atoms with Crippen LogP contribution in [-0.2, 0) is 33.7 Å². The highest BCUT2D eigenvalue weighted by atomic mass is 35.5. The molecule has 0 saturated carbocycles. The summed E-state index contributed by atoms with van der Waals surface area (Å²) in [5, 5.41) is 0.195. The highest BCUT2D eigenvalue weighted by molar-refractivity contribution is 6.31. The van der Waals surface area contributed by atoms with Crippen molar-refractivity contribution in [3.05, 3.63) is 70.0 Å². The molecule has 25 heavy (non-hydrogen) atoms. The predicted molar refractivity (Wildman–Crippen MR) is 91.6 cm³/mol. The number of methoxy groups -OCH3 is 1. The van der Waals surface area contributed by atoms with Gasteiger partial charge >= 0.3 is 5.97 Å². The number of fused-ring (bicyclic) bond motifs is 1. The van der Waals surface area contributed by atoms with Crippen LogP contribution < -0.4 is 0 Å². The van der Waals surface area contributed by atoms with E-state index in [1.54, 1.807) is 0 Å². The number of hydrogen-bond donors (Lipinski definition) is 0. The molecule has 4 nitrogen and oxygen atoms in total. The van der Waals surface area contributed by atoms with Crippen molar-refractivity contribution in [3.63, 3.8) is 0 Å². The molecule has 1 atom stereocenters. The normalized spacial score (nSPS) is 16.3. The molecule has 1 aliphatic heterocycles. The van der Waals surface area contributed by atoms with E-state index in [0.717, 1.165) is 11.1 Å². The second kappa shape index (κ2) is 7.23. The number of benzene rings is 2. The fourth-order valence-corrected chi connectivity index (χ4v) is 3.32. The second-order valence-corrected chi connectivity index (χ2v) is 6.32. The number of nitrogens with zero attached hydrogens (tertiary/aromatic N) is 1. The zero-order valence-electron chi connectivity index (χ0n) is 13.7. The lowest BCUT2D eigenvalue weighted by molar-refractivity contribution is -0.153. The third-order valence-corrected chi connectivity index (χ3v) is 4.79. The molecule has 1 amide bonds. The lowest BCUT2D eigenvalue weighted by Crippen LogP contribution is -2.49. The van der Waals surface area contributed by atoms with E-state index in [9.17, 15) is 14.0 Å². The average Bonchev–Trinajstić information content (AvgIpc) is 2.63. The number of carbonyl (C=O) groups is 2. The van der Waals surface area contributed by atoms with Crippen molar-refractivity contribution in [2.24, 2.45) is 0 Å². The Morgan fingerprint density at radius 1 is 1.20 bits per heavy atom. The van der Waals surface area contributed by atoms with Crippen LogP contribution >= 0.6 is 11.6 Å². The molecule has 0 bridgehead atoms. The van der Waals surface area contributed by atoms with E-state index in [1.165, 1.54) is 30.2 Å². The van der Waals surface area contributed by atoms with Crippen molar-refractivity contribution in [3.8, 4) is 0 Å². The topological polar surface area (TPSA) is 46.6 Å². The van der Waals surface area contributed by atoms with Crippen LogP contribution in [0.3, 0.4) is 0 Å². The molecule has 1 heterocycles. The first kappa shape index (κ1) is 17.4. The molecule has 0 spiro atoms. The van der Waals surface area contributed by atoms with Crippen molar-refractivity contribution >= 4 is 23.5 Å². The maximum atomic E-state index is 14.0. The molecule has 6 heteroatoms. The first-order valence-electron chi connectivity index (χ1n) is 7.88. The predicted octanol–water partition coefficient (Wildman–Crippen LogP) is 3.15. The molecule has 3 rings (SSSR count). The van der Waals surface area contributed by atoms with Gasteiger partial charge in [0, 0.05) is 23.6 Å². The monoisotopic (exact) mass is 361 g/mol. The Morgan fingerprint density at radius 2 is 1.92 bits per heavy atom. The van der Waals surface area contributed by atoms with Gasteiger partial charge in [-0.05, 0) is 23.3 Å². The lowest BCUT2D eigenvalue weighted by Gasteiger charge is -2.35. The molecule has 0 saturated heterocycles. The maximum absolute atomic E-state index is 14.0. The van der Waals surface area contributed by atoms with Crippen molar-refractivity contribution in [2.75, 3.05) is 7.11 Å². The van der Waals surface area contributed by atoms with Gasteiger partial charge in [-0.1, -0.05) is 41.9 Å². The number of amides is 1. The van der Waals surface area contributed by atoms with Crippen molar-refractivity contribution < 1.29 is 18.7 Å².